The van der Waals surface area contributed by atoms with E-state index in [0.717, 1.165) is 69.1 Å². The first-order valence-corrected chi connectivity index (χ1v) is 18.8. The molecule has 0 amide bonds. The maximum atomic E-state index is 12.4. The standard InChI is InChI=1S/C47H47N2O4.BrH/c1-2-38-30-49(25-23-39(38)28-43(49)46(50)41-22-24-48-42-21-13-12-20-40(41)42)29-37-26-44(51-31-34-14-6-3-7-15-34)47(53-33-36-18-10-5-11-19-36)45(27-37)52-32-35-16-8-4-9-17-35;/h2-22,24,26-27,38-39,43,46,50H,1,23,25,28-33H2;1H/q+1;/p-1/t38-,39-,43-,46+,49?;/m0./s1. The Bertz CT molecular complexity index is 2080. The van der Waals surface area contributed by atoms with Crippen LogP contribution in [-0.4, -0.2) is 33.7 Å². The van der Waals surface area contributed by atoms with Crippen LogP contribution in [0.25, 0.3) is 10.9 Å². The molecule has 4 heterocycles. The average molecular weight is 784 g/mol. The molecule has 1 unspecified atom stereocenters. The number of nitrogens with zero attached hydrogens (tertiary/aromatic N) is 2. The first-order valence-electron chi connectivity index (χ1n) is 18.8. The van der Waals surface area contributed by atoms with Gasteiger partial charge in [0, 0.05) is 35.9 Å². The smallest absolute Gasteiger partial charge is 0.203 e. The number of aliphatic hydroxyl groups is 1. The summed E-state index contributed by atoms with van der Waals surface area (Å²) >= 11 is 0. The molecule has 3 saturated heterocycles. The number of aromatic nitrogens is 1. The van der Waals surface area contributed by atoms with E-state index in [9.17, 15) is 5.11 Å². The molecule has 276 valence electrons. The van der Waals surface area contributed by atoms with E-state index in [2.05, 4.69) is 72.2 Å². The maximum absolute atomic E-state index is 12.4. The number of hydrogen-bond acceptors (Lipinski definition) is 5. The van der Waals surface area contributed by atoms with Crippen molar-refractivity contribution in [3.63, 3.8) is 0 Å². The summed E-state index contributed by atoms with van der Waals surface area (Å²) in [7, 11) is 0. The zero-order valence-electron chi connectivity index (χ0n) is 30.5. The monoisotopic (exact) mass is 782 g/mol. The van der Waals surface area contributed by atoms with E-state index in [1.165, 1.54) is 0 Å². The molecule has 5 aromatic carbocycles. The van der Waals surface area contributed by atoms with Crippen molar-refractivity contribution in [1.82, 2.24) is 4.98 Å². The normalized spacial score (nSPS) is 20.8. The molecular weight excluding hydrogens is 736 g/mol. The first-order chi connectivity index (χ1) is 26.1. The zero-order chi connectivity index (χ0) is 36.0. The van der Waals surface area contributed by atoms with Gasteiger partial charge in [-0.2, -0.15) is 0 Å². The third-order valence-electron chi connectivity index (χ3n) is 11.3. The Morgan fingerprint density at radius 2 is 1.28 bits per heavy atom. The van der Waals surface area contributed by atoms with Crippen molar-refractivity contribution in [3.8, 4) is 17.2 Å². The molecule has 0 saturated carbocycles. The van der Waals surface area contributed by atoms with Gasteiger partial charge in [-0.3, -0.25) is 4.98 Å². The molecule has 1 N–H and O–H groups in total. The van der Waals surface area contributed by atoms with E-state index in [1.807, 2.05) is 85.1 Å². The highest BCUT2D eigenvalue weighted by atomic mass is 79.9. The lowest BCUT2D eigenvalue weighted by Crippen LogP contribution is -3.00. The summed E-state index contributed by atoms with van der Waals surface area (Å²) < 4.78 is 20.7. The number of pyridine rings is 1. The van der Waals surface area contributed by atoms with Crippen molar-refractivity contribution in [3.05, 3.63) is 180 Å². The molecule has 7 heteroatoms. The van der Waals surface area contributed by atoms with E-state index < -0.39 is 6.10 Å². The van der Waals surface area contributed by atoms with Crippen molar-refractivity contribution in [1.29, 1.82) is 0 Å². The summed E-state index contributed by atoms with van der Waals surface area (Å²) in [6.45, 7) is 8.03. The summed E-state index contributed by atoms with van der Waals surface area (Å²) in [5.74, 6) is 2.77. The summed E-state index contributed by atoms with van der Waals surface area (Å²) in [4.78, 5) is 4.60. The molecule has 9 rings (SSSR count). The van der Waals surface area contributed by atoms with Gasteiger partial charge in [-0.25, -0.2) is 0 Å². The second-order valence-corrected chi connectivity index (χ2v) is 14.6. The second kappa shape index (κ2) is 17.0. The van der Waals surface area contributed by atoms with Crippen LogP contribution in [-0.2, 0) is 26.4 Å². The van der Waals surface area contributed by atoms with Crippen molar-refractivity contribution in [2.24, 2.45) is 11.8 Å². The fourth-order valence-corrected chi connectivity index (χ4v) is 8.61. The van der Waals surface area contributed by atoms with Gasteiger partial charge in [-0.05, 0) is 52.4 Å². The summed E-state index contributed by atoms with van der Waals surface area (Å²) in [5.41, 5.74) is 6.14. The third-order valence-corrected chi connectivity index (χ3v) is 11.3. The fourth-order valence-electron chi connectivity index (χ4n) is 8.61. The molecule has 0 spiro atoms. The van der Waals surface area contributed by atoms with Crippen molar-refractivity contribution in [2.75, 3.05) is 13.1 Å². The predicted molar refractivity (Wildman–Crippen MR) is 209 cm³/mol. The van der Waals surface area contributed by atoms with Gasteiger partial charge in [0.1, 0.15) is 38.5 Å². The van der Waals surface area contributed by atoms with Crippen molar-refractivity contribution in [2.45, 2.75) is 51.4 Å². The highest BCUT2D eigenvalue weighted by molar-refractivity contribution is 5.82. The lowest BCUT2D eigenvalue weighted by atomic mass is 9.71. The minimum absolute atomic E-state index is 0. The Kier molecular flexibility index (Phi) is 11.8. The van der Waals surface area contributed by atoms with E-state index in [1.54, 1.807) is 0 Å². The van der Waals surface area contributed by atoms with Gasteiger partial charge < -0.3 is 40.8 Å². The summed E-state index contributed by atoms with van der Waals surface area (Å²) in [6.07, 6.45) is 5.36. The van der Waals surface area contributed by atoms with Gasteiger partial charge >= 0.3 is 0 Å². The lowest BCUT2D eigenvalue weighted by Gasteiger charge is -2.58. The number of ether oxygens (including phenoxy) is 3. The molecular formula is C47H47BrN2O4. The molecule has 6 nitrogen and oxygen atoms in total. The van der Waals surface area contributed by atoms with Crippen molar-refractivity contribution < 1.29 is 40.8 Å². The zero-order valence-corrected chi connectivity index (χ0v) is 32.1. The number of aliphatic hydroxyl groups excluding tert-OH is 1. The van der Waals surface area contributed by atoms with E-state index in [-0.39, 0.29) is 23.0 Å². The van der Waals surface area contributed by atoms with Crippen LogP contribution in [0.4, 0.5) is 0 Å². The van der Waals surface area contributed by atoms with Gasteiger partial charge in [0.25, 0.3) is 0 Å². The molecule has 5 atom stereocenters. The minimum Gasteiger partial charge on any atom is -1.00 e. The predicted octanol–water partition coefficient (Wildman–Crippen LogP) is 6.62. The number of halogens is 1. The average Bonchev–Trinajstić information content (AvgIpc) is 3.22. The van der Waals surface area contributed by atoms with Crippen LogP contribution in [0.3, 0.4) is 0 Å². The Morgan fingerprint density at radius 1 is 0.722 bits per heavy atom. The van der Waals surface area contributed by atoms with Crippen LogP contribution in [0.1, 0.15) is 46.8 Å². The number of quaternary nitrogens is 1. The van der Waals surface area contributed by atoms with Gasteiger partial charge in [-0.1, -0.05) is 115 Å². The number of hydrogen-bond donors (Lipinski definition) is 1. The minimum atomic E-state index is -0.646. The highest BCUT2D eigenvalue weighted by Gasteiger charge is 2.54. The number of fused-ring (bicyclic) bond motifs is 4. The number of rotatable bonds is 14. The van der Waals surface area contributed by atoms with E-state index >= 15 is 0 Å². The highest BCUT2D eigenvalue weighted by Crippen LogP contribution is 2.49. The largest absolute Gasteiger partial charge is 1.00 e. The SMILES string of the molecule is C=C[C@H]1C[N+]2(Cc3cc(OCc4ccccc4)c(OCc4ccccc4)c(OCc4ccccc4)c3)CC[C@H]1C[C@H]2[C@H](O)c1ccnc2ccccc12.[Br-]. The van der Waals surface area contributed by atoms with Crippen molar-refractivity contribution >= 4 is 10.9 Å². The molecule has 54 heavy (non-hydrogen) atoms. The quantitative estimate of drug-likeness (QED) is 0.0996. The van der Waals surface area contributed by atoms with Crippen LogP contribution in [0.2, 0.25) is 0 Å². The number of benzene rings is 5. The topological polar surface area (TPSA) is 60.8 Å². The second-order valence-electron chi connectivity index (χ2n) is 14.6. The Balaban J connectivity index is 0.00000450. The van der Waals surface area contributed by atoms with Crippen LogP contribution in [0.5, 0.6) is 17.2 Å². The summed E-state index contributed by atoms with van der Waals surface area (Å²) in [5, 5.41) is 13.4. The molecule has 3 fully saturated rings. The molecule has 2 bridgehead atoms. The molecule has 6 aromatic rings. The number of piperidine rings is 3. The fraction of sp³-hybridized carbons (Fsp3) is 0.255. The van der Waals surface area contributed by atoms with Gasteiger partial charge in [0.05, 0.1) is 18.6 Å². The molecule has 3 aliphatic heterocycles. The molecule has 1 aromatic heterocycles. The van der Waals surface area contributed by atoms with Gasteiger partial charge in [0.15, 0.2) is 11.5 Å². The van der Waals surface area contributed by atoms with Crippen LogP contribution >= 0.6 is 0 Å². The van der Waals surface area contributed by atoms with E-state index in [4.69, 9.17) is 14.2 Å². The van der Waals surface area contributed by atoms with E-state index in [0.29, 0.717) is 55.4 Å². The molecule has 0 aliphatic carbocycles. The van der Waals surface area contributed by atoms with Crippen LogP contribution in [0.15, 0.2) is 152 Å². The van der Waals surface area contributed by atoms with Gasteiger partial charge in [0.2, 0.25) is 5.75 Å². The van der Waals surface area contributed by atoms with Gasteiger partial charge in [-0.15, -0.1) is 6.58 Å². The molecule has 3 aliphatic rings. The number of para-hydroxylation sites is 1. The Morgan fingerprint density at radius 3 is 1.87 bits per heavy atom. The maximum Gasteiger partial charge on any atom is 0.203 e. The first kappa shape index (κ1) is 37.4. The summed E-state index contributed by atoms with van der Waals surface area (Å²) in [6, 6.07) is 45.0. The third kappa shape index (κ3) is 8.09. The molecule has 0 radical (unpaired) electrons. The van der Waals surface area contributed by atoms with Crippen LogP contribution in [0, 0.1) is 11.8 Å². The lowest BCUT2D eigenvalue weighted by molar-refractivity contribution is -0.984. The Hall–Kier alpha value is -4.95. The van der Waals surface area contributed by atoms with Crippen LogP contribution < -0.4 is 31.2 Å². The Labute approximate surface area is 329 Å².